The van der Waals surface area contributed by atoms with Gasteiger partial charge in [0, 0.05) is 24.7 Å². The second-order valence-corrected chi connectivity index (χ2v) is 7.73. The van der Waals surface area contributed by atoms with Crippen LogP contribution >= 0.6 is 11.3 Å². The molecule has 3 rings (SSSR count). The summed E-state index contributed by atoms with van der Waals surface area (Å²) in [6.07, 6.45) is 0. The number of hydrogen-bond acceptors (Lipinski definition) is 5. The first-order valence-corrected chi connectivity index (χ1v) is 10.0. The molecule has 1 atom stereocenters. The number of carbonyl (C=O) groups is 2. The molecule has 3 N–H and O–H groups in total. The highest BCUT2D eigenvalue weighted by molar-refractivity contribution is 7.20. The summed E-state index contributed by atoms with van der Waals surface area (Å²) in [5, 5.41) is 14.2. The third kappa shape index (κ3) is 4.40. The van der Waals surface area contributed by atoms with E-state index in [0.717, 1.165) is 34.6 Å². The molecule has 2 heterocycles. The number of anilines is 1. The van der Waals surface area contributed by atoms with Gasteiger partial charge in [-0.15, -0.1) is 11.3 Å². The summed E-state index contributed by atoms with van der Waals surface area (Å²) >= 11 is 1.37. The third-order valence-corrected chi connectivity index (χ3v) is 5.64. The van der Waals surface area contributed by atoms with E-state index >= 15 is 0 Å². The Morgan fingerprint density at radius 3 is 2.79 bits per heavy atom. The molecule has 0 aliphatic carbocycles. The molecule has 28 heavy (non-hydrogen) atoms. The van der Waals surface area contributed by atoms with Crippen LogP contribution < -0.4 is 16.0 Å². The quantitative estimate of drug-likeness (QED) is 0.570. The molecule has 2 amide bonds. The summed E-state index contributed by atoms with van der Waals surface area (Å²) in [5.41, 5.74) is 2.69. The predicted octanol–water partition coefficient (Wildman–Crippen LogP) is 2.81. The lowest BCUT2D eigenvalue weighted by atomic mass is 10.2. The summed E-state index contributed by atoms with van der Waals surface area (Å²) in [7, 11) is 1.85. The fraction of sp³-hybridized carbons (Fsp3) is 0.350. The molecule has 148 valence electrons. The van der Waals surface area contributed by atoms with Crippen molar-refractivity contribution in [2.75, 3.05) is 11.9 Å². The van der Waals surface area contributed by atoms with Crippen molar-refractivity contribution in [3.63, 3.8) is 0 Å². The molecule has 0 spiro atoms. The lowest BCUT2D eigenvalue weighted by Gasteiger charge is -2.14. The molecule has 7 nitrogen and oxygen atoms in total. The minimum absolute atomic E-state index is 0.257. The summed E-state index contributed by atoms with van der Waals surface area (Å²) in [6.45, 7) is 7.26. The van der Waals surface area contributed by atoms with Crippen LogP contribution in [-0.2, 0) is 18.4 Å². The number of benzene rings is 1. The fourth-order valence-electron chi connectivity index (χ4n) is 2.93. The van der Waals surface area contributed by atoms with Crippen molar-refractivity contribution < 1.29 is 9.59 Å². The second kappa shape index (κ2) is 8.53. The highest BCUT2D eigenvalue weighted by Crippen LogP contribution is 2.27. The largest absolute Gasteiger partial charge is 0.340 e. The number of thiophene rings is 1. The van der Waals surface area contributed by atoms with Crippen molar-refractivity contribution in [2.24, 2.45) is 7.05 Å². The van der Waals surface area contributed by atoms with E-state index < -0.39 is 6.04 Å². The maximum atomic E-state index is 12.6. The molecule has 0 aliphatic heterocycles. The molecular formula is C20H25N5O2S. The molecular weight excluding hydrogens is 374 g/mol. The number of nitrogens with zero attached hydrogens (tertiary/aromatic N) is 2. The van der Waals surface area contributed by atoms with Gasteiger partial charge in [0.05, 0.1) is 10.6 Å². The Morgan fingerprint density at radius 2 is 2.07 bits per heavy atom. The van der Waals surface area contributed by atoms with E-state index in [4.69, 9.17) is 0 Å². The number of amides is 2. The standard InChI is InChI=1S/C20H25N5O2S/c1-5-21-11-14-7-6-8-15(9-14)23-18(26)13(3)22-19(27)17-10-16-12(2)24-25(4)20(16)28-17/h6-10,13,21H,5,11H2,1-4H3,(H,22,27)(H,23,26). The van der Waals surface area contributed by atoms with Gasteiger partial charge < -0.3 is 16.0 Å². The van der Waals surface area contributed by atoms with Gasteiger partial charge in [0.1, 0.15) is 10.9 Å². The van der Waals surface area contributed by atoms with Crippen molar-refractivity contribution in [3.05, 3.63) is 46.5 Å². The highest BCUT2D eigenvalue weighted by atomic mass is 32.1. The van der Waals surface area contributed by atoms with Gasteiger partial charge in [0.15, 0.2) is 0 Å². The molecule has 0 saturated heterocycles. The summed E-state index contributed by atoms with van der Waals surface area (Å²) in [4.78, 5) is 26.5. The maximum Gasteiger partial charge on any atom is 0.262 e. The van der Waals surface area contributed by atoms with Crippen LogP contribution in [0.1, 0.15) is 34.8 Å². The molecule has 2 aromatic heterocycles. The minimum atomic E-state index is -0.658. The number of nitrogens with one attached hydrogen (secondary N) is 3. The van der Waals surface area contributed by atoms with Crippen molar-refractivity contribution in [1.82, 2.24) is 20.4 Å². The monoisotopic (exact) mass is 399 g/mol. The number of carbonyl (C=O) groups excluding carboxylic acids is 2. The van der Waals surface area contributed by atoms with Gasteiger partial charge in [-0.3, -0.25) is 14.3 Å². The topological polar surface area (TPSA) is 88.0 Å². The SMILES string of the molecule is CCNCc1cccc(NC(=O)C(C)NC(=O)c2cc3c(C)nn(C)c3s2)c1. The van der Waals surface area contributed by atoms with Crippen molar-refractivity contribution >= 4 is 39.1 Å². The average Bonchev–Trinajstić information content (AvgIpc) is 3.22. The van der Waals surface area contributed by atoms with E-state index in [1.54, 1.807) is 11.6 Å². The first-order valence-electron chi connectivity index (χ1n) is 9.23. The smallest absolute Gasteiger partial charge is 0.262 e. The number of aryl methyl sites for hydroxylation is 2. The molecule has 1 aromatic carbocycles. The second-order valence-electron chi connectivity index (χ2n) is 6.70. The Kier molecular flexibility index (Phi) is 6.11. The van der Waals surface area contributed by atoms with Crippen LogP contribution in [0.15, 0.2) is 30.3 Å². The van der Waals surface area contributed by atoms with Gasteiger partial charge in [-0.1, -0.05) is 19.1 Å². The van der Waals surface area contributed by atoms with Crippen LogP contribution in [0.25, 0.3) is 10.2 Å². The van der Waals surface area contributed by atoms with Gasteiger partial charge in [-0.25, -0.2) is 0 Å². The molecule has 0 radical (unpaired) electrons. The number of aromatic nitrogens is 2. The summed E-state index contributed by atoms with van der Waals surface area (Å²) in [6, 6.07) is 8.84. The number of rotatable bonds is 7. The van der Waals surface area contributed by atoms with Crippen molar-refractivity contribution in [2.45, 2.75) is 33.4 Å². The Balaban J connectivity index is 1.63. The first kappa shape index (κ1) is 20.0. The van der Waals surface area contributed by atoms with Crippen LogP contribution in [0.4, 0.5) is 5.69 Å². The van der Waals surface area contributed by atoms with Crippen LogP contribution in [0.2, 0.25) is 0 Å². The van der Waals surface area contributed by atoms with Gasteiger partial charge in [0.2, 0.25) is 5.91 Å². The van der Waals surface area contributed by atoms with Crippen molar-refractivity contribution in [1.29, 1.82) is 0 Å². The zero-order valence-corrected chi connectivity index (χ0v) is 17.3. The summed E-state index contributed by atoms with van der Waals surface area (Å²) in [5.74, 6) is -0.517. The molecule has 0 aliphatic rings. The molecule has 0 saturated carbocycles. The third-order valence-electron chi connectivity index (χ3n) is 4.43. The van der Waals surface area contributed by atoms with Gasteiger partial charge in [-0.2, -0.15) is 5.10 Å². The molecule has 1 unspecified atom stereocenters. The van der Waals surface area contributed by atoms with Crippen LogP contribution in [-0.4, -0.2) is 34.2 Å². The van der Waals surface area contributed by atoms with E-state index in [-0.39, 0.29) is 11.8 Å². The van der Waals surface area contributed by atoms with E-state index in [1.807, 2.05) is 51.2 Å². The van der Waals surface area contributed by atoms with Crippen LogP contribution in [0, 0.1) is 6.92 Å². The minimum Gasteiger partial charge on any atom is -0.340 e. The Bertz CT molecular complexity index is 973. The van der Waals surface area contributed by atoms with E-state index in [2.05, 4.69) is 21.0 Å². The molecule has 0 fully saturated rings. The zero-order valence-electron chi connectivity index (χ0n) is 16.5. The van der Waals surface area contributed by atoms with Gasteiger partial charge in [-0.05, 0) is 44.2 Å². The normalized spacial score (nSPS) is 12.1. The maximum absolute atomic E-state index is 12.6. The van der Waals surface area contributed by atoms with Gasteiger partial charge in [0.25, 0.3) is 5.91 Å². The van der Waals surface area contributed by atoms with E-state index in [1.165, 1.54) is 11.3 Å². The average molecular weight is 400 g/mol. The van der Waals surface area contributed by atoms with Crippen LogP contribution in [0.3, 0.4) is 0 Å². The lowest BCUT2D eigenvalue weighted by Crippen LogP contribution is -2.41. The summed E-state index contributed by atoms with van der Waals surface area (Å²) < 4.78 is 1.77. The van der Waals surface area contributed by atoms with Crippen LogP contribution in [0.5, 0.6) is 0 Å². The fourth-order valence-corrected chi connectivity index (χ4v) is 3.96. The number of fused-ring (bicyclic) bond motifs is 1. The molecule has 0 bridgehead atoms. The number of hydrogen-bond donors (Lipinski definition) is 3. The predicted molar refractivity (Wildman–Crippen MR) is 113 cm³/mol. The molecule has 3 aromatic rings. The lowest BCUT2D eigenvalue weighted by molar-refractivity contribution is -0.117. The van der Waals surface area contributed by atoms with Gasteiger partial charge >= 0.3 is 0 Å². The van der Waals surface area contributed by atoms with E-state index in [0.29, 0.717) is 10.6 Å². The van der Waals surface area contributed by atoms with E-state index in [9.17, 15) is 9.59 Å². The Morgan fingerprint density at radius 1 is 1.29 bits per heavy atom. The zero-order chi connectivity index (χ0) is 20.3. The molecule has 8 heteroatoms. The Labute approximate surface area is 168 Å². The highest BCUT2D eigenvalue weighted by Gasteiger charge is 2.20. The Hall–Kier alpha value is -2.71. The van der Waals surface area contributed by atoms with Crippen molar-refractivity contribution in [3.8, 4) is 0 Å². The first-order chi connectivity index (χ1) is 13.4.